The molecule has 0 amide bonds. The predicted octanol–water partition coefficient (Wildman–Crippen LogP) is 4.71. The number of fused-ring (bicyclic) bond motifs is 1. The summed E-state index contributed by atoms with van der Waals surface area (Å²) in [4.78, 5) is 8.62. The lowest BCUT2D eigenvalue weighted by atomic mass is 10.2. The van der Waals surface area contributed by atoms with Crippen molar-refractivity contribution in [3.8, 4) is 16.3 Å². The summed E-state index contributed by atoms with van der Waals surface area (Å²) < 4.78 is 6.32. The van der Waals surface area contributed by atoms with Crippen LogP contribution in [0.5, 0.6) is 5.75 Å². The summed E-state index contributed by atoms with van der Waals surface area (Å²) >= 11 is 6.24. The lowest BCUT2D eigenvalue weighted by Gasteiger charge is -2.00. The molecular weight excluding hydrogens is 288 g/mol. The largest absolute Gasteiger partial charge is 0.497 e. The molecule has 1 heterocycles. The van der Waals surface area contributed by atoms with Crippen molar-refractivity contribution in [2.75, 3.05) is 7.11 Å². The molecule has 3 aromatic rings. The van der Waals surface area contributed by atoms with Crippen molar-refractivity contribution < 1.29 is 4.74 Å². The second kappa shape index (κ2) is 5.51. The first-order valence-electron chi connectivity index (χ1n) is 5.93. The molecule has 0 N–H and O–H groups in total. The first kappa shape index (κ1) is 12.9. The fourth-order valence-electron chi connectivity index (χ4n) is 1.92. The monoisotopic (exact) mass is 298 g/mol. The van der Waals surface area contributed by atoms with Gasteiger partial charge in [-0.2, -0.15) is 4.99 Å². The Morgan fingerprint density at radius 1 is 1.25 bits per heavy atom. The average Bonchev–Trinajstić information content (AvgIpc) is 2.91. The lowest BCUT2D eigenvalue weighted by molar-refractivity contribution is 0.415. The van der Waals surface area contributed by atoms with E-state index in [4.69, 9.17) is 4.74 Å². The van der Waals surface area contributed by atoms with E-state index in [1.807, 2.05) is 42.5 Å². The third-order valence-electron chi connectivity index (χ3n) is 2.86. The van der Waals surface area contributed by atoms with Crippen molar-refractivity contribution in [1.82, 2.24) is 4.98 Å². The molecule has 3 nitrogen and oxygen atoms in total. The normalized spacial score (nSPS) is 10.2. The van der Waals surface area contributed by atoms with Crippen LogP contribution in [0.1, 0.15) is 0 Å². The molecule has 0 radical (unpaired) electrons. The Hall–Kier alpha value is -2.07. The van der Waals surface area contributed by atoms with E-state index in [-0.39, 0.29) is 0 Å². The highest BCUT2D eigenvalue weighted by molar-refractivity contribution is 7.78. The third kappa shape index (κ3) is 2.47. The van der Waals surface area contributed by atoms with E-state index >= 15 is 0 Å². The minimum Gasteiger partial charge on any atom is -0.497 e. The molecular formula is C15H10N2OS2. The quantitative estimate of drug-likeness (QED) is 0.519. The highest BCUT2D eigenvalue weighted by Gasteiger charge is 2.07. The van der Waals surface area contributed by atoms with Gasteiger partial charge in [0.15, 0.2) is 0 Å². The molecule has 0 atom stereocenters. The van der Waals surface area contributed by atoms with Crippen molar-refractivity contribution in [1.29, 1.82) is 0 Å². The number of ether oxygens (including phenoxy) is 1. The highest BCUT2D eigenvalue weighted by Crippen LogP contribution is 2.33. The number of hydrogen-bond acceptors (Lipinski definition) is 5. The maximum Gasteiger partial charge on any atom is 0.124 e. The predicted molar refractivity (Wildman–Crippen MR) is 86.3 cm³/mol. The zero-order valence-corrected chi connectivity index (χ0v) is 12.3. The van der Waals surface area contributed by atoms with E-state index in [1.165, 1.54) is 0 Å². The van der Waals surface area contributed by atoms with E-state index in [1.54, 1.807) is 18.4 Å². The molecule has 3 rings (SSSR count). The number of benzene rings is 2. The summed E-state index contributed by atoms with van der Waals surface area (Å²) in [6.45, 7) is 0. The maximum absolute atomic E-state index is 5.24. The van der Waals surface area contributed by atoms with Gasteiger partial charge in [-0.1, -0.05) is 12.1 Å². The van der Waals surface area contributed by atoms with Gasteiger partial charge in [-0.15, -0.1) is 11.3 Å². The fraction of sp³-hybridized carbons (Fsp3) is 0.0667. The Morgan fingerprint density at radius 2 is 2.15 bits per heavy atom. The van der Waals surface area contributed by atoms with Crippen molar-refractivity contribution in [3.63, 3.8) is 0 Å². The molecule has 5 heteroatoms. The van der Waals surface area contributed by atoms with E-state index in [0.29, 0.717) is 0 Å². The molecule has 0 fully saturated rings. The molecule has 0 saturated heterocycles. The summed E-state index contributed by atoms with van der Waals surface area (Å²) in [5.41, 5.74) is 2.80. The first-order valence-corrected chi connectivity index (χ1v) is 7.15. The van der Waals surface area contributed by atoms with E-state index in [2.05, 4.69) is 27.4 Å². The first-order chi connectivity index (χ1) is 9.80. The fourth-order valence-corrected chi connectivity index (χ4v) is 3.02. The van der Waals surface area contributed by atoms with Gasteiger partial charge in [-0.3, -0.25) is 0 Å². The van der Waals surface area contributed by atoms with E-state index < -0.39 is 0 Å². The minimum atomic E-state index is 0.799. The molecule has 1 aromatic heterocycles. The number of aromatic nitrogens is 1. The number of isothiocyanates is 1. The average molecular weight is 298 g/mol. The number of thiocarbonyl (C=S) groups is 1. The number of nitrogens with zero attached hydrogens (tertiary/aromatic N) is 2. The molecule has 0 aliphatic heterocycles. The van der Waals surface area contributed by atoms with Gasteiger partial charge in [0.25, 0.3) is 0 Å². The summed E-state index contributed by atoms with van der Waals surface area (Å²) in [5, 5.41) is 3.34. The zero-order chi connectivity index (χ0) is 13.9. The van der Waals surface area contributed by atoms with Crippen LogP contribution < -0.4 is 4.74 Å². The Morgan fingerprint density at radius 3 is 2.95 bits per heavy atom. The van der Waals surface area contributed by atoms with Crippen LogP contribution in [-0.4, -0.2) is 17.3 Å². The maximum atomic E-state index is 5.24. The van der Waals surface area contributed by atoms with Crippen molar-refractivity contribution in [3.05, 3.63) is 42.5 Å². The standard InChI is InChI=1S/C15H10N2OS2/c1-18-12-4-2-3-10(7-12)15-17-13-6-5-11(16-9-19)8-14(13)20-15/h2-8H,1H3. The van der Waals surface area contributed by atoms with Crippen LogP contribution >= 0.6 is 23.6 Å². The molecule has 2 aromatic carbocycles. The van der Waals surface area contributed by atoms with Crippen LogP contribution in [0.25, 0.3) is 20.8 Å². The van der Waals surface area contributed by atoms with Crippen molar-refractivity contribution in [2.24, 2.45) is 4.99 Å². The molecule has 0 spiro atoms. The van der Waals surface area contributed by atoms with Gasteiger partial charge in [-0.05, 0) is 42.5 Å². The van der Waals surface area contributed by atoms with Crippen LogP contribution in [0.2, 0.25) is 0 Å². The lowest BCUT2D eigenvalue weighted by Crippen LogP contribution is -1.82. The van der Waals surface area contributed by atoms with Gasteiger partial charge in [0, 0.05) is 5.56 Å². The van der Waals surface area contributed by atoms with E-state index in [9.17, 15) is 0 Å². The van der Waals surface area contributed by atoms with Gasteiger partial charge >= 0.3 is 0 Å². The van der Waals surface area contributed by atoms with Crippen molar-refractivity contribution >= 4 is 44.6 Å². The second-order valence-corrected chi connectivity index (χ2v) is 5.32. The number of methoxy groups -OCH3 is 1. The summed E-state index contributed by atoms with van der Waals surface area (Å²) in [5.74, 6) is 0.827. The Bertz CT molecular complexity index is 820. The number of aliphatic imine (C=N–C) groups is 1. The van der Waals surface area contributed by atoms with Crippen LogP contribution in [0, 0.1) is 0 Å². The number of hydrogen-bond donors (Lipinski definition) is 0. The van der Waals surface area contributed by atoms with Gasteiger partial charge in [0.1, 0.15) is 10.8 Å². The summed E-state index contributed by atoms with van der Waals surface area (Å²) in [6, 6.07) is 13.7. The number of thiazole rings is 1. The number of rotatable bonds is 3. The Labute approximate surface area is 125 Å². The summed E-state index contributed by atoms with van der Waals surface area (Å²) in [7, 11) is 1.66. The van der Waals surface area contributed by atoms with Crippen LogP contribution in [0.15, 0.2) is 47.5 Å². The summed E-state index contributed by atoms with van der Waals surface area (Å²) in [6.07, 6.45) is 0. The Balaban J connectivity index is 2.09. The van der Waals surface area contributed by atoms with Crippen LogP contribution in [0.4, 0.5) is 5.69 Å². The second-order valence-electron chi connectivity index (χ2n) is 4.11. The minimum absolute atomic E-state index is 0.799. The zero-order valence-electron chi connectivity index (χ0n) is 10.7. The molecule has 20 heavy (non-hydrogen) atoms. The molecule has 0 bridgehead atoms. The van der Waals surface area contributed by atoms with Gasteiger partial charge in [0.05, 0.1) is 28.2 Å². The Kier molecular flexibility index (Phi) is 3.56. The van der Waals surface area contributed by atoms with Gasteiger partial charge in [-0.25, -0.2) is 4.98 Å². The third-order valence-corrected chi connectivity index (χ3v) is 4.02. The van der Waals surface area contributed by atoms with E-state index in [0.717, 1.165) is 32.2 Å². The molecule has 0 saturated carbocycles. The molecule has 0 unspecified atom stereocenters. The smallest absolute Gasteiger partial charge is 0.124 e. The van der Waals surface area contributed by atoms with Gasteiger partial charge in [0.2, 0.25) is 0 Å². The molecule has 0 aliphatic rings. The topological polar surface area (TPSA) is 34.5 Å². The molecule has 0 aliphatic carbocycles. The van der Waals surface area contributed by atoms with Crippen LogP contribution in [-0.2, 0) is 0 Å². The van der Waals surface area contributed by atoms with Gasteiger partial charge < -0.3 is 4.74 Å². The highest BCUT2D eigenvalue weighted by atomic mass is 32.1. The SMILES string of the molecule is COc1cccc(-c2nc3ccc(N=C=S)cc3s2)c1. The van der Waals surface area contributed by atoms with Crippen molar-refractivity contribution in [2.45, 2.75) is 0 Å². The molecule has 98 valence electrons. The van der Waals surface area contributed by atoms with Crippen LogP contribution in [0.3, 0.4) is 0 Å².